The number of rotatable bonds is 6. The highest BCUT2D eigenvalue weighted by atomic mass is 16.5. The first-order chi connectivity index (χ1) is 7.09. The molecule has 0 aromatic heterocycles. The molecule has 2 unspecified atom stereocenters. The molecule has 90 valence electrons. The molecule has 2 atom stereocenters. The zero-order valence-electron chi connectivity index (χ0n) is 10.6. The number of ether oxygens (including phenoxy) is 1. The maximum Gasteiger partial charge on any atom is 0.0724 e. The molecular weight excluding hydrogens is 188 g/mol. The first-order valence-corrected chi connectivity index (χ1v) is 6.10. The van der Waals surface area contributed by atoms with Gasteiger partial charge in [0.05, 0.1) is 6.10 Å². The molecule has 0 aliphatic heterocycles. The van der Waals surface area contributed by atoms with Crippen molar-refractivity contribution in [3.05, 3.63) is 0 Å². The Bertz CT molecular complexity index is 182. The Balaban J connectivity index is 2.29. The number of hydrogen-bond acceptors (Lipinski definition) is 3. The molecule has 0 amide bonds. The Hall–Kier alpha value is -0.120. The molecule has 3 nitrogen and oxygen atoms in total. The molecule has 1 rings (SSSR count). The minimum Gasteiger partial charge on any atom is -0.380 e. The van der Waals surface area contributed by atoms with Crippen molar-refractivity contribution in [2.45, 2.75) is 57.7 Å². The number of methoxy groups -OCH3 is 1. The topological polar surface area (TPSA) is 33.3 Å². The van der Waals surface area contributed by atoms with Gasteiger partial charge in [-0.1, -0.05) is 6.92 Å². The lowest BCUT2D eigenvalue weighted by Crippen LogP contribution is -2.51. The van der Waals surface area contributed by atoms with Crippen LogP contribution in [0.3, 0.4) is 0 Å². The van der Waals surface area contributed by atoms with Gasteiger partial charge in [-0.15, -0.1) is 0 Å². The van der Waals surface area contributed by atoms with Crippen molar-refractivity contribution in [1.82, 2.24) is 10.6 Å². The molecule has 0 spiro atoms. The third-order valence-corrected chi connectivity index (χ3v) is 3.22. The highest BCUT2D eigenvalue weighted by Crippen LogP contribution is 2.21. The normalized spacial score (nSPS) is 27.2. The van der Waals surface area contributed by atoms with Gasteiger partial charge in [-0.2, -0.15) is 0 Å². The van der Waals surface area contributed by atoms with E-state index in [-0.39, 0.29) is 5.54 Å². The Kier molecular flexibility index (Phi) is 5.03. The van der Waals surface area contributed by atoms with Crippen LogP contribution >= 0.6 is 0 Å². The maximum atomic E-state index is 5.47. The monoisotopic (exact) mass is 214 g/mol. The second-order valence-corrected chi connectivity index (χ2v) is 5.11. The first kappa shape index (κ1) is 12.9. The average Bonchev–Trinajstić information content (AvgIpc) is 2.62. The summed E-state index contributed by atoms with van der Waals surface area (Å²) in [4.78, 5) is 0. The SMILES string of the molecule is CCNC(C)(C)CNC1CCCC1OC. The summed E-state index contributed by atoms with van der Waals surface area (Å²) >= 11 is 0. The number of nitrogens with one attached hydrogen (secondary N) is 2. The van der Waals surface area contributed by atoms with E-state index in [2.05, 4.69) is 31.4 Å². The van der Waals surface area contributed by atoms with E-state index in [0.29, 0.717) is 12.1 Å². The number of likely N-dealkylation sites (N-methyl/N-ethyl adjacent to an activating group) is 1. The predicted octanol–water partition coefficient (Wildman–Crippen LogP) is 1.53. The Morgan fingerprint density at radius 1 is 1.33 bits per heavy atom. The van der Waals surface area contributed by atoms with Gasteiger partial charge >= 0.3 is 0 Å². The summed E-state index contributed by atoms with van der Waals surface area (Å²) in [5.41, 5.74) is 0.176. The van der Waals surface area contributed by atoms with Crippen LogP contribution in [0.2, 0.25) is 0 Å². The first-order valence-electron chi connectivity index (χ1n) is 6.10. The minimum absolute atomic E-state index is 0.176. The molecule has 0 heterocycles. The lowest BCUT2D eigenvalue weighted by Gasteiger charge is -2.29. The zero-order valence-corrected chi connectivity index (χ0v) is 10.6. The van der Waals surface area contributed by atoms with Crippen LogP contribution in [-0.4, -0.2) is 37.9 Å². The van der Waals surface area contributed by atoms with E-state index in [0.717, 1.165) is 13.1 Å². The quantitative estimate of drug-likeness (QED) is 0.703. The van der Waals surface area contributed by atoms with Crippen LogP contribution < -0.4 is 10.6 Å². The maximum absolute atomic E-state index is 5.47. The summed E-state index contributed by atoms with van der Waals surface area (Å²) in [6.45, 7) is 8.65. The molecule has 1 saturated carbocycles. The van der Waals surface area contributed by atoms with E-state index in [1.807, 2.05) is 7.11 Å². The van der Waals surface area contributed by atoms with Gasteiger partial charge in [0.15, 0.2) is 0 Å². The second-order valence-electron chi connectivity index (χ2n) is 5.11. The summed E-state index contributed by atoms with van der Waals surface area (Å²) in [6, 6.07) is 0.549. The summed E-state index contributed by atoms with van der Waals surface area (Å²) in [5, 5.41) is 7.10. The fourth-order valence-electron chi connectivity index (χ4n) is 2.37. The fourth-order valence-corrected chi connectivity index (χ4v) is 2.37. The Labute approximate surface area is 94.0 Å². The molecule has 0 aromatic rings. The molecule has 0 aromatic carbocycles. The molecule has 3 heteroatoms. The molecule has 2 N–H and O–H groups in total. The lowest BCUT2D eigenvalue weighted by atomic mass is 10.0. The Morgan fingerprint density at radius 3 is 2.67 bits per heavy atom. The van der Waals surface area contributed by atoms with Crippen LogP contribution in [0, 0.1) is 0 Å². The average molecular weight is 214 g/mol. The molecule has 15 heavy (non-hydrogen) atoms. The van der Waals surface area contributed by atoms with Crippen molar-refractivity contribution in [3.8, 4) is 0 Å². The van der Waals surface area contributed by atoms with Gasteiger partial charge < -0.3 is 15.4 Å². The molecule has 1 fully saturated rings. The van der Waals surface area contributed by atoms with Gasteiger partial charge in [0.1, 0.15) is 0 Å². The minimum atomic E-state index is 0.176. The van der Waals surface area contributed by atoms with Crippen molar-refractivity contribution < 1.29 is 4.74 Å². The molecule has 0 bridgehead atoms. The molecule has 1 aliphatic carbocycles. The molecule has 0 saturated heterocycles. The highest BCUT2D eigenvalue weighted by molar-refractivity contribution is 4.88. The van der Waals surface area contributed by atoms with E-state index in [1.54, 1.807) is 0 Å². The lowest BCUT2D eigenvalue weighted by molar-refractivity contribution is 0.0830. The predicted molar refractivity (Wildman–Crippen MR) is 64.2 cm³/mol. The summed E-state index contributed by atoms with van der Waals surface area (Å²) in [6.07, 6.45) is 4.16. The summed E-state index contributed by atoms with van der Waals surface area (Å²) in [5.74, 6) is 0. The molecular formula is C12H26N2O. The molecule has 0 radical (unpaired) electrons. The van der Waals surface area contributed by atoms with Crippen LogP contribution in [0.4, 0.5) is 0 Å². The van der Waals surface area contributed by atoms with Crippen molar-refractivity contribution in [2.75, 3.05) is 20.2 Å². The van der Waals surface area contributed by atoms with Crippen molar-refractivity contribution in [3.63, 3.8) is 0 Å². The van der Waals surface area contributed by atoms with Crippen LogP contribution in [0.15, 0.2) is 0 Å². The van der Waals surface area contributed by atoms with E-state index in [4.69, 9.17) is 4.74 Å². The largest absolute Gasteiger partial charge is 0.380 e. The third kappa shape index (κ3) is 4.09. The van der Waals surface area contributed by atoms with Gasteiger partial charge in [0, 0.05) is 25.2 Å². The van der Waals surface area contributed by atoms with Crippen LogP contribution in [0.1, 0.15) is 40.0 Å². The van der Waals surface area contributed by atoms with E-state index in [9.17, 15) is 0 Å². The highest BCUT2D eigenvalue weighted by Gasteiger charge is 2.28. The van der Waals surface area contributed by atoms with E-state index >= 15 is 0 Å². The van der Waals surface area contributed by atoms with Gasteiger partial charge in [-0.25, -0.2) is 0 Å². The number of hydrogen-bond donors (Lipinski definition) is 2. The molecule has 1 aliphatic rings. The van der Waals surface area contributed by atoms with Gasteiger partial charge in [0.2, 0.25) is 0 Å². The second kappa shape index (κ2) is 5.83. The fraction of sp³-hybridized carbons (Fsp3) is 1.00. The van der Waals surface area contributed by atoms with Crippen LogP contribution in [0.5, 0.6) is 0 Å². The van der Waals surface area contributed by atoms with Crippen molar-refractivity contribution in [2.24, 2.45) is 0 Å². The summed E-state index contributed by atoms with van der Waals surface area (Å²) < 4.78 is 5.47. The van der Waals surface area contributed by atoms with Gasteiger partial charge in [0.25, 0.3) is 0 Å². The summed E-state index contributed by atoms with van der Waals surface area (Å²) in [7, 11) is 1.82. The van der Waals surface area contributed by atoms with Crippen LogP contribution in [-0.2, 0) is 4.74 Å². The van der Waals surface area contributed by atoms with Gasteiger partial charge in [-0.05, 0) is 39.7 Å². The third-order valence-electron chi connectivity index (χ3n) is 3.22. The van der Waals surface area contributed by atoms with E-state index < -0.39 is 0 Å². The standard InChI is InChI=1S/C12H26N2O/c1-5-14-12(2,3)9-13-10-7-6-8-11(10)15-4/h10-11,13-14H,5-9H2,1-4H3. The van der Waals surface area contributed by atoms with Crippen molar-refractivity contribution >= 4 is 0 Å². The van der Waals surface area contributed by atoms with Crippen molar-refractivity contribution in [1.29, 1.82) is 0 Å². The Morgan fingerprint density at radius 2 is 2.07 bits per heavy atom. The van der Waals surface area contributed by atoms with Crippen LogP contribution in [0.25, 0.3) is 0 Å². The zero-order chi connectivity index (χ0) is 11.3. The van der Waals surface area contributed by atoms with Gasteiger partial charge in [-0.3, -0.25) is 0 Å². The smallest absolute Gasteiger partial charge is 0.0724 e. The van der Waals surface area contributed by atoms with E-state index in [1.165, 1.54) is 19.3 Å².